The average molecular weight is 679 g/mol. The van der Waals surface area contributed by atoms with Crippen molar-refractivity contribution in [3.8, 4) is 44.5 Å². The highest BCUT2D eigenvalue weighted by atomic mass is 16.3. The van der Waals surface area contributed by atoms with E-state index in [1.54, 1.807) is 0 Å². The summed E-state index contributed by atoms with van der Waals surface area (Å²) in [6.45, 7) is 0. The quantitative estimate of drug-likeness (QED) is 0.167. The second-order valence-corrected chi connectivity index (χ2v) is 13.4. The maximum absolute atomic E-state index is 6.59. The van der Waals surface area contributed by atoms with Crippen molar-refractivity contribution in [2.24, 2.45) is 0 Å². The third-order valence-electron chi connectivity index (χ3n) is 10.2. The van der Waals surface area contributed by atoms with Gasteiger partial charge in [0.15, 0.2) is 5.58 Å². The van der Waals surface area contributed by atoms with E-state index in [0.717, 1.165) is 61.6 Å². The summed E-state index contributed by atoms with van der Waals surface area (Å²) in [5.74, 6) is 0. The molecule has 10 rings (SSSR count). The molecule has 53 heavy (non-hydrogen) atoms. The van der Waals surface area contributed by atoms with Crippen molar-refractivity contribution in [3.05, 3.63) is 206 Å². The summed E-state index contributed by atoms with van der Waals surface area (Å²) >= 11 is 0. The van der Waals surface area contributed by atoms with Gasteiger partial charge in [-0.1, -0.05) is 152 Å². The minimum absolute atomic E-state index is 0.868. The number of hydrogen-bond acceptors (Lipinski definition) is 2. The van der Waals surface area contributed by atoms with E-state index in [1.807, 2.05) is 0 Å². The first kappa shape index (κ1) is 30.7. The van der Waals surface area contributed by atoms with Crippen LogP contribution < -0.4 is 4.90 Å². The lowest BCUT2D eigenvalue weighted by molar-refractivity contribution is 0.658. The Morgan fingerprint density at radius 1 is 0.340 bits per heavy atom. The van der Waals surface area contributed by atoms with Crippen LogP contribution in [0.15, 0.2) is 211 Å². The summed E-state index contributed by atoms with van der Waals surface area (Å²) < 4.78 is 8.86. The molecule has 3 nitrogen and oxygen atoms in total. The van der Waals surface area contributed by atoms with Crippen LogP contribution in [0.5, 0.6) is 0 Å². The molecule has 0 saturated heterocycles. The van der Waals surface area contributed by atoms with Gasteiger partial charge in [-0.05, 0) is 93.5 Å². The molecule has 2 heterocycles. The normalized spacial score (nSPS) is 11.4. The van der Waals surface area contributed by atoms with E-state index in [2.05, 4.69) is 216 Å². The predicted octanol–water partition coefficient (Wildman–Crippen LogP) is 14.0. The Morgan fingerprint density at radius 2 is 0.755 bits per heavy atom. The second kappa shape index (κ2) is 12.9. The molecule has 0 amide bonds. The lowest BCUT2D eigenvalue weighted by atomic mass is 10.0. The van der Waals surface area contributed by atoms with Crippen LogP contribution in [0.25, 0.3) is 72.2 Å². The van der Waals surface area contributed by atoms with Crippen LogP contribution in [0.2, 0.25) is 0 Å². The third-order valence-corrected chi connectivity index (χ3v) is 10.2. The highest BCUT2D eigenvalue weighted by Gasteiger charge is 2.20. The zero-order valence-corrected chi connectivity index (χ0v) is 28.9. The molecule has 10 aromatic rings. The molecule has 0 radical (unpaired) electrons. The molecule has 250 valence electrons. The SMILES string of the molecule is c1ccc(-c2ccc(N(c3ccc(-c4ccccc4)cc3)c3ccc(-c4ccc5oc6c(-c7ccccc7)c7ccccc7n6c5c4)cc3)cc2)cc1. The van der Waals surface area contributed by atoms with Crippen LogP contribution in [-0.4, -0.2) is 4.40 Å². The van der Waals surface area contributed by atoms with Crippen molar-refractivity contribution in [2.45, 2.75) is 0 Å². The first-order valence-electron chi connectivity index (χ1n) is 18.0. The molecule has 0 spiro atoms. The van der Waals surface area contributed by atoms with Crippen molar-refractivity contribution in [3.63, 3.8) is 0 Å². The van der Waals surface area contributed by atoms with Crippen molar-refractivity contribution in [2.75, 3.05) is 4.90 Å². The van der Waals surface area contributed by atoms with E-state index in [9.17, 15) is 0 Å². The summed E-state index contributed by atoms with van der Waals surface area (Å²) in [4.78, 5) is 2.33. The van der Waals surface area contributed by atoms with Gasteiger partial charge in [-0.3, -0.25) is 4.40 Å². The van der Waals surface area contributed by atoms with Crippen LogP contribution in [-0.2, 0) is 0 Å². The minimum atomic E-state index is 0.868. The van der Waals surface area contributed by atoms with Gasteiger partial charge >= 0.3 is 0 Å². The Hall–Kier alpha value is -7.10. The fraction of sp³-hybridized carbons (Fsp3) is 0. The van der Waals surface area contributed by atoms with Gasteiger partial charge in [-0.25, -0.2) is 0 Å². The molecular weight excluding hydrogens is 645 g/mol. The van der Waals surface area contributed by atoms with Gasteiger partial charge in [-0.2, -0.15) is 0 Å². The summed E-state index contributed by atoms with van der Waals surface area (Å²) in [7, 11) is 0. The molecule has 0 atom stereocenters. The van der Waals surface area contributed by atoms with Gasteiger partial charge in [0.25, 0.3) is 0 Å². The first-order chi connectivity index (χ1) is 26.3. The van der Waals surface area contributed by atoms with Crippen molar-refractivity contribution >= 4 is 44.8 Å². The maximum atomic E-state index is 6.59. The average Bonchev–Trinajstić information content (AvgIpc) is 3.77. The van der Waals surface area contributed by atoms with Crippen molar-refractivity contribution in [1.82, 2.24) is 4.40 Å². The van der Waals surface area contributed by atoms with Gasteiger partial charge in [0.05, 0.1) is 16.6 Å². The molecule has 0 aliphatic carbocycles. The summed E-state index contributed by atoms with van der Waals surface area (Å²) in [5, 5.41) is 1.18. The Kier molecular flexibility index (Phi) is 7.47. The minimum Gasteiger partial charge on any atom is -0.438 e. The van der Waals surface area contributed by atoms with Crippen LogP contribution in [0.1, 0.15) is 0 Å². The Balaban J connectivity index is 1.04. The first-order valence-corrected chi connectivity index (χ1v) is 18.0. The molecule has 0 N–H and O–H groups in total. The zero-order chi connectivity index (χ0) is 35.1. The molecule has 2 aromatic heterocycles. The molecule has 8 aromatic carbocycles. The smallest absolute Gasteiger partial charge is 0.213 e. The van der Waals surface area contributed by atoms with Crippen LogP contribution in [0.3, 0.4) is 0 Å². The van der Waals surface area contributed by atoms with E-state index < -0.39 is 0 Å². The van der Waals surface area contributed by atoms with Crippen molar-refractivity contribution < 1.29 is 4.42 Å². The maximum Gasteiger partial charge on any atom is 0.213 e. The fourth-order valence-corrected chi connectivity index (χ4v) is 7.62. The van der Waals surface area contributed by atoms with E-state index >= 15 is 0 Å². The lowest BCUT2D eigenvalue weighted by Crippen LogP contribution is -2.09. The standard InChI is InChI=1S/C50H34N2O/c1-4-12-35(13-5-1)37-20-27-42(28-21-37)51(43-29-22-38(23-30-43)36-14-6-2-7-15-36)44-31-24-39(25-32-44)41-26-33-48-47(34-41)52-46-19-11-10-18-45(46)49(50(52)53-48)40-16-8-3-9-17-40/h1-34H. The number of rotatable bonds is 7. The van der Waals surface area contributed by atoms with E-state index in [0.29, 0.717) is 0 Å². The Morgan fingerprint density at radius 3 is 1.28 bits per heavy atom. The molecular formula is C50H34N2O. The summed E-state index contributed by atoms with van der Waals surface area (Å²) in [5.41, 5.74) is 16.6. The molecule has 0 saturated carbocycles. The summed E-state index contributed by atoms with van der Waals surface area (Å²) in [6.07, 6.45) is 0. The topological polar surface area (TPSA) is 20.8 Å². The number of aromatic nitrogens is 1. The van der Waals surface area contributed by atoms with Crippen LogP contribution in [0, 0.1) is 0 Å². The molecule has 0 fully saturated rings. The number of para-hydroxylation sites is 1. The van der Waals surface area contributed by atoms with E-state index in [-0.39, 0.29) is 0 Å². The number of fused-ring (bicyclic) bond motifs is 5. The second-order valence-electron chi connectivity index (χ2n) is 13.4. The van der Waals surface area contributed by atoms with E-state index in [1.165, 1.54) is 27.6 Å². The predicted molar refractivity (Wildman–Crippen MR) is 221 cm³/mol. The largest absolute Gasteiger partial charge is 0.438 e. The van der Waals surface area contributed by atoms with Crippen LogP contribution in [0.4, 0.5) is 17.1 Å². The van der Waals surface area contributed by atoms with Gasteiger partial charge < -0.3 is 9.32 Å². The monoisotopic (exact) mass is 678 g/mol. The lowest BCUT2D eigenvalue weighted by Gasteiger charge is -2.26. The highest BCUT2D eigenvalue weighted by molar-refractivity contribution is 6.07. The number of oxazole rings is 1. The van der Waals surface area contributed by atoms with Crippen molar-refractivity contribution in [1.29, 1.82) is 0 Å². The number of anilines is 3. The molecule has 0 aliphatic heterocycles. The van der Waals surface area contributed by atoms with E-state index in [4.69, 9.17) is 4.42 Å². The molecule has 0 unspecified atom stereocenters. The van der Waals surface area contributed by atoms with Gasteiger partial charge in [0.2, 0.25) is 5.71 Å². The molecule has 3 heteroatoms. The Labute approximate surface area is 308 Å². The summed E-state index contributed by atoms with van der Waals surface area (Å²) in [6, 6.07) is 73.2. The van der Waals surface area contributed by atoms with Gasteiger partial charge in [-0.15, -0.1) is 0 Å². The highest BCUT2D eigenvalue weighted by Crippen LogP contribution is 2.41. The zero-order valence-electron chi connectivity index (χ0n) is 28.9. The van der Waals surface area contributed by atoms with Crippen LogP contribution >= 0.6 is 0 Å². The molecule has 0 aliphatic rings. The van der Waals surface area contributed by atoms with Gasteiger partial charge in [0.1, 0.15) is 0 Å². The number of hydrogen-bond donors (Lipinski definition) is 0. The molecule has 0 bridgehead atoms. The Bertz CT molecular complexity index is 2750. The number of nitrogens with zero attached hydrogens (tertiary/aromatic N) is 2. The number of benzene rings is 8. The van der Waals surface area contributed by atoms with Gasteiger partial charge in [0, 0.05) is 22.4 Å². The fourth-order valence-electron chi connectivity index (χ4n) is 7.62. The third kappa shape index (κ3) is 5.47.